The molecule has 19 heavy (non-hydrogen) atoms. The first kappa shape index (κ1) is 16.3. The number of aryl methyl sites for hydroxylation is 2. The monoisotopic (exact) mass is 302 g/mol. The van der Waals surface area contributed by atoms with E-state index in [4.69, 9.17) is 5.73 Å². The zero-order valence-electron chi connectivity index (χ0n) is 11.9. The number of nitrogens with one attached hydrogen (secondary N) is 1. The number of sulfonamides is 1. The van der Waals surface area contributed by atoms with Crippen molar-refractivity contribution in [2.45, 2.75) is 38.6 Å². The molecular weight excluding hydrogens is 280 g/mol. The number of anilines is 1. The molecule has 1 aromatic rings. The predicted molar refractivity (Wildman–Crippen MR) is 83.1 cm³/mol. The molecule has 3 N–H and O–H groups in total. The van der Waals surface area contributed by atoms with Gasteiger partial charge in [0.15, 0.2) is 0 Å². The summed E-state index contributed by atoms with van der Waals surface area (Å²) in [5.74, 6) is 1.74. The highest BCUT2D eigenvalue weighted by Crippen LogP contribution is 2.23. The SMILES string of the molecule is CCSCC(C)NS(=O)(=O)c1c(C)cc(N)cc1C. The van der Waals surface area contributed by atoms with E-state index in [1.54, 1.807) is 37.7 Å². The van der Waals surface area contributed by atoms with Gasteiger partial charge in [0.2, 0.25) is 10.0 Å². The molecule has 1 rings (SSSR count). The molecule has 0 amide bonds. The Balaban J connectivity index is 3.01. The van der Waals surface area contributed by atoms with E-state index in [0.717, 1.165) is 11.5 Å². The molecular formula is C13H22N2O2S2. The molecule has 6 heteroatoms. The fourth-order valence-electron chi connectivity index (χ4n) is 2.06. The molecule has 1 unspecified atom stereocenters. The maximum atomic E-state index is 12.4. The van der Waals surface area contributed by atoms with Crippen LogP contribution < -0.4 is 10.5 Å². The summed E-state index contributed by atoms with van der Waals surface area (Å²) < 4.78 is 27.5. The standard InChI is InChI=1S/C13H22N2O2S2/c1-5-18-8-11(4)15-19(16,17)13-9(2)6-12(14)7-10(13)3/h6-7,11,15H,5,8,14H2,1-4H3. The molecule has 0 aliphatic carbocycles. The van der Waals surface area contributed by atoms with Crippen molar-refractivity contribution in [2.24, 2.45) is 0 Å². The second-order valence-electron chi connectivity index (χ2n) is 4.67. The van der Waals surface area contributed by atoms with Crippen molar-refractivity contribution in [2.75, 3.05) is 17.2 Å². The minimum Gasteiger partial charge on any atom is -0.399 e. The zero-order valence-corrected chi connectivity index (χ0v) is 13.5. The van der Waals surface area contributed by atoms with Gasteiger partial charge in [-0.15, -0.1) is 0 Å². The van der Waals surface area contributed by atoms with Crippen LogP contribution in [0.5, 0.6) is 0 Å². The minimum atomic E-state index is -3.49. The third-order valence-corrected chi connectivity index (χ3v) is 5.72. The van der Waals surface area contributed by atoms with Crippen molar-refractivity contribution >= 4 is 27.5 Å². The fraction of sp³-hybridized carbons (Fsp3) is 0.538. The Morgan fingerprint density at radius 2 is 1.84 bits per heavy atom. The summed E-state index contributed by atoms with van der Waals surface area (Å²) in [7, 11) is -3.49. The van der Waals surface area contributed by atoms with Gasteiger partial charge < -0.3 is 5.73 Å². The largest absolute Gasteiger partial charge is 0.399 e. The summed E-state index contributed by atoms with van der Waals surface area (Å²) in [6.07, 6.45) is 0. The smallest absolute Gasteiger partial charge is 0.241 e. The number of nitrogen functional groups attached to an aromatic ring is 1. The van der Waals surface area contributed by atoms with Crippen LogP contribution in [0, 0.1) is 13.8 Å². The molecule has 0 bridgehead atoms. The summed E-state index contributed by atoms with van der Waals surface area (Å²) in [5, 5.41) is 0. The first-order valence-electron chi connectivity index (χ1n) is 6.24. The first-order chi connectivity index (χ1) is 8.77. The normalized spacial score (nSPS) is 13.5. The zero-order chi connectivity index (χ0) is 14.6. The number of benzene rings is 1. The van der Waals surface area contributed by atoms with Crippen molar-refractivity contribution in [3.05, 3.63) is 23.3 Å². The average molecular weight is 302 g/mol. The first-order valence-corrected chi connectivity index (χ1v) is 8.88. The summed E-state index contributed by atoms with van der Waals surface area (Å²) in [6.45, 7) is 7.47. The lowest BCUT2D eigenvalue weighted by molar-refractivity contribution is 0.570. The third-order valence-electron chi connectivity index (χ3n) is 2.68. The van der Waals surface area contributed by atoms with E-state index in [1.165, 1.54) is 0 Å². The van der Waals surface area contributed by atoms with Crippen LogP contribution in [0.15, 0.2) is 17.0 Å². The van der Waals surface area contributed by atoms with Crippen LogP contribution in [0.2, 0.25) is 0 Å². The molecule has 4 nitrogen and oxygen atoms in total. The lowest BCUT2D eigenvalue weighted by atomic mass is 10.1. The van der Waals surface area contributed by atoms with Gasteiger partial charge in [0.1, 0.15) is 0 Å². The van der Waals surface area contributed by atoms with E-state index in [1.807, 2.05) is 6.92 Å². The molecule has 1 atom stereocenters. The van der Waals surface area contributed by atoms with E-state index in [-0.39, 0.29) is 6.04 Å². The quantitative estimate of drug-likeness (QED) is 0.791. The summed E-state index contributed by atoms with van der Waals surface area (Å²) in [6, 6.07) is 3.28. The van der Waals surface area contributed by atoms with Crippen LogP contribution in [-0.4, -0.2) is 26.0 Å². The number of hydrogen-bond donors (Lipinski definition) is 2. The molecule has 0 aromatic heterocycles. The fourth-order valence-corrected chi connectivity index (χ4v) is 4.53. The number of hydrogen-bond acceptors (Lipinski definition) is 4. The maximum Gasteiger partial charge on any atom is 0.241 e. The Bertz CT molecular complexity index is 519. The molecule has 0 saturated carbocycles. The van der Waals surface area contributed by atoms with Gasteiger partial charge in [-0.3, -0.25) is 0 Å². The lowest BCUT2D eigenvalue weighted by Gasteiger charge is -2.17. The van der Waals surface area contributed by atoms with E-state index in [2.05, 4.69) is 11.6 Å². The second-order valence-corrected chi connectivity index (χ2v) is 7.64. The van der Waals surface area contributed by atoms with Gasteiger partial charge in [-0.1, -0.05) is 6.92 Å². The Morgan fingerprint density at radius 3 is 2.32 bits per heavy atom. The van der Waals surface area contributed by atoms with Gasteiger partial charge in [0.05, 0.1) is 4.90 Å². The Kier molecular flexibility index (Phi) is 5.70. The van der Waals surface area contributed by atoms with E-state index in [9.17, 15) is 8.42 Å². The minimum absolute atomic E-state index is 0.0914. The van der Waals surface area contributed by atoms with Crippen molar-refractivity contribution in [1.29, 1.82) is 0 Å². The van der Waals surface area contributed by atoms with Crippen LogP contribution in [0.3, 0.4) is 0 Å². The van der Waals surface area contributed by atoms with Gasteiger partial charge in [-0.25, -0.2) is 13.1 Å². The highest BCUT2D eigenvalue weighted by molar-refractivity contribution is 7.99. The molecule has 0 radical (unpaired) electrons. The molecule has 0 heterocycles. The van der Waals surface area contributed by atoms with Gasteiger partial charge >= 0.3 is 0 Å². The van der Waals surface area contributed by atoms with E-state index >= 15 is 0 Å². The molecule has 1 aromatic carbocycles. The number of nitrogens with two attached hydrogens (primary N) is 1. The number of thioether (sulfide) groups is 1. The van der Waals surface area contributed by atoms with Crippen LogP contribution in [0.25, 0.3) is 0 Å². The van der Waals surface area contributed by atoms with E-state index < -0.39 is 10.0 Å². The molecule has 0 aliphatic heterocycles. The van der Waals surface area contributed by atoms with Crippen molar-refractivity contribution in [3.63, 3.8) is 0 Å². The van der Waals surface area contributed by atoms with Crippen molar-refractivity contribution in [1.82, 2.24) is 4.72 Å². The van der Waals surface area contributed by atoms with Gasteiger partial charge in [0, 0.05) is 17.5 Å². The molecule has 0 spiro atoms. The third kappa shape index (κ3) is 4.40. The van der Waals surface area contributed by atoms with Gasteiger partial charge in [0.25, 0.3) is 0 Å². The molecule has 0 fully saturated rings. The average Bonchev–Trinajstić information content (AvgIpc) is 2.23. The maximum absolute atomic E-state index is 12.4. The summed E-state index contributed by atoms with van der Waals surface area (Å²) in [4.78, 5) is 0.343. The number of rotatable bonds is 6. The van der Waals surface area contributed by atoms with Crippen LogP contribution >= 0.6 is 11.8 Å². The van der Waals surface area contributed by atoms with Gasteiger partial charge in [-0.05, 0) is 49.8 Å². The van der Waals surface area contributed by atoms with Crippen LogP contribution in [0.1, 0.15) is 25.0 Å². The summed E-state index contributed by atoms with van der Waals surface area (Å²) >= 11 is 1.72. The lowest BCUT2D eigenvalue weighted by Crippen LogP contribution is -2.35. The highest BCUT2D eigenvalue weighted by atomic mass is 32.2. The highest BCUT2D eigenvalue weighted by Gasteiger charge is 2.21. The van der Waals surface area contributed by atoms with E-state index in [0.29, 0.717) is 21.7 Å². The second kappa shape index (κ2) is 6.63. The van der Waals surface area contributed by atoms with Crippen LogP contribution in [-0.2, 0) is 10.0 Å². The van der Waals surface area contributed by atoms with Crippen molar-refractivity contribution < 1.29 is 8.42 Å². The predicted octanol–water partition coefficient (Wildman–Crippen LogP) is 2.31. The Labute approximate surface area is 120 Å². The molecule has 0 saturated heterocycles. The Hall–Kier alpha value is -0.720. The van der Waals surface area contributed by atoms with Crippen LogP contribution in [0.4, 0.5) is 5.69 Å². The van der Waals surface area contributed by atoms with Crippen molar-refractivity contribution in [3.8, 4) is 0 Å². The Morgan fingerprint density at radius 1 is 1.32 bits per heavy atom. The summed E-state index contributed by atoms with van der Waals surface area (Å²) in [5.41, 5.74) is 7.67. The van der Waals surface area contributed by atoms with Gasteiger partial charge in [-0.2, -0.15) is 11.8 Å². The molecule has 108 valence electrons. The molecule has 0 aliphatic rings. The topological polar surface area (TPSA) is 72.2 Å².